The van der Waals surface area contributed by atoms with E-state index in [1.165, 1.54) is 34.0 Å². The van der Waals surface area contributed by atoms with Gasteiger partial charge in [0, 0.05) is 12.3 Å². The van der Waals surface area contributed by atoms with Crippen LogP contribution >= 0.6 is 11.3 Å². The van der Waals surface area contributed by atoms with Gasteiger partial charge in [-0.15, -0.1) is 21.5 Å². The lowest BCUT2D eigenvalue weighted by atomic mass is 9.84. The van der Waals surface area contributed by atoms with Crippen molar-refractivity contribution in [2.45, 2.75) is 38.0 Å². The number of aromatic nitrogens is 2. The van der Waals surface area contributed by atoms with Crippen molar-refractivity contribution < 1.29 is 0 Å². The minimum Gasteiger partial charge on any atom is -0.320 e. The van der Waals surface area contributed by atoms with Gasteiger partial charge < -0.3 is 5.32 Å². The lowest BCUT2D eigenvalue weighted by Crippen LogP contribution is -2.12. The van der Waals surface area contributed by atoms with Crippen LogP contribution < -0.4 is 5.32 Å². The van der Waals surface area contributed by atoms with E-state index in [9.17, 15) is 0 Å². The maximum atomic E-state index is 4.44. The van der Waals surface area contributed by atoms with E-state index < -0.39 is 0 Å². The largest absolute Gasteiger partial charge is 0.320 e. The molecule has 1 atom stereocenters. The van der Waals surface area contributed by atoms with E-state index in [2.05, 4.69) is 39.8 Å². The Morgan fingerprint density at radius 1 is 1.25 bits per heavy atom. The summed E-state index contributed by atoms with van der Waals surface area (Å²) in [5.41, 5.74) is 3.01. The number of benzene rings is 1. The molecule has 1 heterocycles. The molecule has 3 rings (SSSR count). The molecule has 20 heavy (non-hydrogen) atoms. The Morgan fingerprint density at radius 3 is 2.95 bits per heavy atom. The zero-order valence-electron chi connectivity index (χ0n) is 11.9. The Morgan fingerprint density at radius 2 is 2.10 bits per heavy atom. The molecule has 1 aromatic carbocycles. The standard InChI is InChI=1S/C16H21N3S/c1-17-10-4-7-15-18-19-16(20-15)14-9-8-12-5-2-3-6-13(12)11-14/h2-3,5-6,14,17H,4,7-11H2,1H3. The Kier molecular flexibility index (Phi) is 4.43. The van der Waals surface area contributed by atoms with Gasteiger partial charge in [-0.1, -0.05) is 24.3 Å². The Bertz CT molecular complexity index is 564. The highest BCUT2D eigenvalue weighted by Crippen LogP contribution is 2.34. The fourth-order valence-corrected chi connectivity index (χ4v) is 3.88. The Labute approximate surface area is 124 Å². The van der Waals surface area contributed by atoms with E-state index in [0.717, 1.165) is 25.8 Å². The van der Waals surface area contributed by atoms with Crippen LogP contribution in [0, 0.1) is 0 Å². The van der Waals surface area contributed by atoms with Gasteiger partial charge in [0.25, 0.3) is 0 Å². The molecule has 0 aliphatic heterocycles. The third-order valence-electron chi connectivity index (χ3n) is 4.00. The van der Waals surface area contributed by atoms with Crippen molar-refractivity contribution in [3.63, 3.8) is 0 Å². The first kappa shape index (κ1) is 13.7. The molecule has 0 spiro atoms. The predicted octanol–water partition coefficient (Wildman–Crippen LogP) is 2.96. The van der Waals surface area contributed by atoms with Crippen LogP contribution in [0.4, 0.5) is 0 Å². The number of nitrogens with one attached hydrogen (secondary N) is 1. The molecule has 4 heteroatoms. The molecule has 0 saturated heterocycles. The van der Waals surface area contributed by atoms with E-state index in [4.69, 9.17) is 0 Å². The number of rotatable bonds is 5. The zero-order chi connectivity index (χ0) is 13.8. The highest BCUT2D eigenvalue weighted by atomic mass is 32.1. The summed E-state index contributed by atoms with van der Waals surface area (Å²) >= 11 is 1.81. The smallest absolute Gasteiger partial charge is 0.120 e. The number of nitrogens with zero attached hydrogens (tertiary/aromatic N) is 2. The molecule has 3 nitrogen and oxygen atoms in total. The van der Waals surface area contributed by atoms with Gasteiger partial charge >= 0.3 is 0 Å². The first-order valence-electron chi connectivity index (χ1n) is 7.40. The van der Waals surface area contributed by atoms with E-state index in [1.54, 1.807) is 0 Å². The van der Waals surface area contributed by atoms with Crippen LogP contribution in [0.2, 0.25) is 0 Å². The van der Waals surface area contributed by atoms with Crippen molar-refractivity contribution >= 4 is 11.3 Å². The van der Waals surface area contributed by atoms with Crippen molar-refractivity contribution in [2.24, 2.45) is 0 Å². The monoisotopic (exact) mass is 287 g/mol. The molecular weight excluding hydrogens is 266 g/mol. The first-order chi connectivity index (χ1) is 9.86. The molecule has 1 aliphatic rings. The van der Waals surface area contributed by atoms with Crippen molar-refractivity contribution in [3.8, 4) is 0 Å². The highest BCUT2D eigenvalue weighted by molar-refractivity contribution is 7.11. The lowest BCUT2D eigenvalue weighted by molar-refractivity contribution is 0.577. The van der Waals surface area contributed by atoms with E-state index >= 15 is 0 Å². The maximum Gasteiger partial charge on any atom is 0.120 e. The average Bonchev–Trinajstić information content (AvgIpc) is 2.96. The molecule has 0 amide bonds. The quantitative estimate of drug-likeness (QED) is 0.859. The summed E-state index contributed by atoms with van der Waals surface area (Å²) in [5, 5.41) is 14.4. The maximum absolute atomic E-state index is 4.44. The van der Waals surface area contributed by atoms with Crippen LogP contribution in [0.5, 0.6) is 0 Å². The molecule has 1 N–H and O–H groups in total. The molecule has 106 valence electrons. The van der Waals surface area contributed by atoms with Crippen LogP contribution in [-0.2, 0) is 19.3 Å². The second kappa shape index (κ2) is 6.46. The van der Waals surface area contributed by atoms with Gasteiger partial charge in [-0.05, 0) is 50.4 Å². The van der Waals surface area contributed by atoms with E-state index in [1.807, 2.05) is 18.4 Å². The number of fused-ring (bicyclic) bond motifs is 1. The van der Waals surface area contributed by atoms with Crippen molar-refractivity contribution in [2.75, 3.05) is 13.6 Å². The molecule has 2 aromatic rings. The summed E-state index contributed by atoms with van der Waals surface area (Å²) in [4.78, 5) is 0. The minimum atomic E-state index is 0.570. The van der Waals surface area contributed by atoms with Gasteiger partial charge in [0.15, 0.2) is 0 Å². The summed E-state index contributed by atoms with van der Waals surface area (Å²) in [6.07, 6.45) is 5.69. The molecule has 0 radical (unpaired) electrons. The lowest BCUT2D eigenvalue weighted by Gasteiger charge is -2.22. The third-order valence-corrected chi connectivity index (χ3v) is 5.14. The first-order valence-corrected chi connectivity index (χ1v) is 8.22. The molecule has 0 fully saturated rings. The minimum absolute atomic E-state index is 0.570. The van der Waals surface area contributed by atoms with E-state index in [0.29, 0.717) is 5.92 Å². The van der Waals surface area contributed by atoms with Crippen LogP contribution in [0.25, 0.3) is 0 Å². The summed E-state index contributed by atoms with van der Waals surface area (Å²) in [5.74, 6) is 0.570. The van der Waals surface area contributed by atoms with Gasteiger partial charge in [-0.25, -0.2) is 0 Å². The summed E-state index contributed by atoms with van der Waals surface area (Å²) in [6.45, 7) is 1.05. The van der Waals surface area contributed by atoms with Crippen molar-refractivity contribution in [1.82, 2.24) is 15.5 Å². The van der Waals surface area contributed by atoms with Crippen LogP contribution in [-0.4, -0.2) is 23.8 Å². The normalized spacial score (nSPS) is 17.9. The second-order valence-corrected chi connectivity index (χ2v) is 6.54. The zero-order valence-corrected chi connectivity index (χ0v) is 12.7. The SMILES string of the molecule is CNCCCc1nnc(C2CCc3ccccc3C2)s1. The summed E-state index contributed by atoms with van der Waals surface area (Å²) in [7, 11) is 1.99. The molecule has 0 bridgehead atoms. The average molecular weight is 287 g/mol. The van der Waals surface area contributed by atoms with Gasteiger partial charge in [-0.3, -0.25) is 0 Å². The molecule has 1 aromatic heterocycles. The Hall–Kier alpha value is -1.26. The van der Waals surface area contributed by atoms with Crippen LogP contribution in [0.3, 0.4) is 0 Å². The van der Waals surface area contributed by atoms with E-state index in [-0.39, 0.29) is 0 Å². The second-order valence-electron chi connectivity index (χ2n) is 5.45. The fraction of sp³-hybridized carbons (Fsp3) is 0.500. The van der Waals surface area contributed by atoms with Gasteiger partial charge in [0.05, 0.1) is 0 Å². The molecular formula is C16H21N3S. The Balaban J connectivity index is 1.66. The number of aryl methyl sites for hydroxylation is 2. The van der Waals surface area contributed by atoms with Crippen molar-refractivity contribution in [3.05, 3.63) is 45.4 Å². The number of hydrogen-bond donors (Lipinski definition) is 1. The highest BCUT2D eigenvalue weighted by Gasteiger charge is 2.22. The number of hydrogen-bond acceptors (Lipinski definition) is 4. The molecule has 1 aliphatic carbocycles. The van der Waals surface area contributed by atoms with Gasteiger partial charge in [0.2, 0.25) is 0 Å². The third kappa shape index (κ3) is 3.07. The fourth-order valence-electron chi connectivity index (χ4n) is 2.86. The van der Waals surface area contributed by atoms with Gasteiger partial charge in [0.1, 0.15) is 10.0 Å². The van der Waals surface area contributed by atoms with Gasteiger partial charge in [-0.2, -0.15) is 0 Å². The van der Waals surface area contributed by atoms with Crippen LogP contribution in [0.1, 0.15) is 39.9 Å². The predicted molar refractivity (Wildman–Crippen MR) is 83.4 cm³/mol. The van der Waals surface area contributed by atoms with Crippen LogP contribution in [0.15, 0.2) is 24.3 Å². The summed E-state index contributed by atoms with van der Waals surface area (Å²) < 4.78 is 0. The summed E-state index contributed by atoms with van der Waals surface area (Å²) in [6, 6.07) is 8.81. The molecule has 0 saturated carbocycles. The molecule has 1 unspecified atom stereocenters. The topological polar surface area (TPSA) is 37.8 Å². The van der Waals surface area contributed by atoms with Crippen molar-refractivity contribution in [1.29, 1.82) is 0 Å².